The third-order valence-corrected chi connectivity index (χ3v) is 4.79. The van der Waals surface area contributed by atoms with Crippen LogP contribution >= 0.6 is 11.3 Å². The Morgan fingerprint density at radius 2 is 2.20 bits per heavy atom. The van der Waals surface area contributed by atoms with Gasteiger partial charge in [0.25, 0.3) is 5.91 Å². The van der Waals surface area contributed by atoms with Gasteiger partial charge in [0.05, 0.1) is 0 Å². The summed E-state index contributed by atoms with van der Waals surface area (Å²) in [4.78, 5) is 12.8. The van der Waals surface area contributed by atoms with Crippen molar-refractivity contribution in [1.82, 2.24) is 15.4 Å². The van der Waals surface area contributed by atoms with Crippen molar-refractivity contribution in [3.63, 3.8) is 0 Å². The first kappa shape index (κ1) is 15.9. The molecule has 1 amide bonds. The lowest BCUT2D eigenvalue weighted by Gasteiger charge is -2.25. The van der Waals surface area contributed by atoms with Crippen LogP contribution in [0.15, 0.2) is 46.4 Å². The summed E-state index contributed by atoms with van der Waals surface area (Å²) in [5.41, 5.74) is 2.32. The second-order valence-electron chi connectivity index (χ2n) is 5.87. The van der Waals surface area contributed by atoms with Crippen molar-refractivity contribution in [2.45, 2.75) is 24.9 Å². The second-order valence-corrected chi connectivity index (χ2v) is 6.70. The first-order chi connectivity index (χ1) is 12.3. The minimum absolute atomic E-state index is 0.223. The van der Waals surface area contributed by atoms with Gasteiger partial charge >= 0.3 is 0 Å². The maximum absolute atomic E-state index is 12.8. The molecule has 8 heteroatoms. The highest BCUT2D eigenvalue weighted by molar-refractivity contribution is 7.13. The molecule has 1 fully saturated rings. The summed E-state index contributed by atoms with van der Waals surface area (Å²) in [5.74, 6) is 0.396. The number of aromatic nitrogens is 3. The lowest BCUT2D eigenvalue weighted by Crippen LogP contribution is -2.44. The second kappa shape index (κ2) is 6.73. The van der Waals surface area contributed by atoms with E-state index >= 15 is 0 Å². The van der Waals surface area contributed by atoms with Crippen LogP contribution in [0.4, 0.5) is 5.13 Å². The molecule has 1 aliphatic rings. The molecule has 3 heterocycles. The topological polar surface area (TPSA) is 90.1 Å². The Morgan fingerprint density at radius 1 is 1.32 bits per heavy atom. The molecule has 1 atom stereocenters. The van der Waals surface area contributed by atoms with Gasteiger partial charge in [-0.25, -0.2) is 0 Å². The van der Waals surface area contributed by atoms with Gasteiger partial charge < -0.3 is 9.26 Å². The average molecular weight is 356 g/mol. The molecule has 0 unspecified atom stereocenters. The van der Waals surface area contributed by atoms with E-state index in [-0.39, 0.29) is 5.91 Å². The van der Waals surface area contributed by atoms with Gasteiger partial charge in [0, 0.05) is 24.7 Å². The molecule has 0 bridgehead atoms. The standard InChI is InChI=1S/C17H16N4O3S/c22-15(19-16-20-18-11-25-16)17(7-4-8-23-17)10-13-9-14(21-24-13)12-5-2-1-3-6-12/h1-3,5-6,9,11H,4,7-8,10H2,(H,19,20,22)/t17-/m1/s1. The number of anilines is 1. The summed E-state index contributed by atoms with van der Waals surface area (Å²) in [6.07, 6.45) is 1.78. The van der Waals surface area contributed by atoms with Crippen LogP contribution in [0.5, 0.6) is 0 Å². The number of hydrogen-bond acceptors (Lipinski definition) is 7. The van der Waals surface area contributed by atoms with Gasteiger partial charge in [-0.3, -0.25) is 10.1 Å². The van der Waals surface area contributed by atoms with E-state index in [0.717, 1.165) is 17.7 Å². The maximum Gasteiger partial charge on any atom is 0.258 e. The van der Waals surface area contributed by atoms with E-state index in [1.807, 2.05) is 36.4 Å². The summed E-state index contributed by atoms with van der Waals surface area (Å²) < 4.78 is 11.3. The molecular formula is C17H16N4O3S. The lowest BCUT2D eigenvalue weighted by atomic mass is 9.93. The van der Waals surface area contributed by atoms with Crippen molar-refractivity contribution >= 4 is 22.4 Å². The first-order valence-electron chi connectivity index (χ1n) is 7.98. The fourth-order valence-corrected chi connectivity index (χ4v) is 3.40. The Hall–Kier alpha value is -2.58. The molecule has 0 spiro atoms. The van der Waals surface area contributed by atoms with Gasteiger partial charge in [0.1, 0.15) is 17.0 Å². The summed E-state index contributed by atoms with van der Waals surface area (Å²) >= 11 is 1.27. The smallest absolute Gasteiger partial charge is 0.258 e. The van der Waals surface area contributed by atoms with Crippen LogP contribution in [0.2, 0.25) is 0 Å². The molecule has 0 saturated carbocycles. The molecule has 128 valence electrons. The van der Waals surface area contributed by atoms with Crippen LogP contribution in [0.1, 0.15) is 18.6 Å². The number of nitrogens with zero attached hydrogens (tertiary/aromatic N) is 3. The highest BCUT2D eigenvalue weighted by atomic mass is 32.1. The van der Waals surface area contributed by atoms with Crippen LogP contribution in [0, 0.1) is 0 Å². The molecule has 1 N–H and O–H groups in total. The van der Waals surface area contributed by atoms with Crippen LogP contribution in [0.3, 0.4) is 0 Å². The van der Waals surface area contributed by atoms with Gasteiger partial charge in [-0.2, -0.15) is 0 Å². The fourth-order valence-electron chi connectivity index (χ4n) is 2.96. The van der Waals surface area contributed by atoms with Crippen molar-refractivity contribution in [3.8, 4) is 11.3 Å². The van der Waals surface area contributed by atoms with Gasteiger partial charge in [-0.1, -0.05) is 46.8 Å². The molecule has 2 aromatic heterocycles. The number of benzene rings is 1. The molecule has 0 aliphatic carbocycles. The van der Waals surface area contributed by atoms with Crippen LogP contribution in [-0.2, 0) is 16.0 Å². The number of hydrogen-bond donors (Lipinski definition) is 1. The number of ether oxygens (including phenoxy) is 1. The first-order valence-corrected chi connectivity index (χ1v) is 8.86. The van der Waals surface area contributed by atoms with Crippen molar-refractivity contribution in [1.29, 1.82) is 0 Å². The van der Waals surface area contributed by atoms with Gasteiger partial charge in [-0.05, 0) is 12.8 Å². The largest absolute Gasteiger partial charge is 0.365 e. The van der Waals surface area contributed by atoms with E-state index in [1.54, 1.807) is 5.51 Å². The zero-order valence-electron chi connectivity index (χ0n) is 13.3. The SMILES string of the molecule is O=C(Nc1nncs1)[C@]1(Cc2cc(-c3ccccc3)no2)CCCO1. The lowest BCUT2D eigenvalue weighted by molar-refractivity contribution is -0.136. The number of carbonyl (C=O) groups excluding carboxylic acids is 1. The van der Waals surface area contributed by atoms with Crippen molar-refractivity contribution in [2.24, 2.45) is 0 Å². The van der Waals surface area contributed by atoms with Gasteiger partial charge in [0.15, 0.2) is 5.60 Å². The fraction of sp³-hybridized carbons (Fsp3) is 0.294. The van der Waals surface area contributed by atoms with Crippen LogP contribution < -0.4 is 5.32 Å². The average Bonchev–Trinajstić information content (AvgIpc) is 3.38. The summed E-state index contributed by atoms with van der Waals surface area (Å²) in [7, 11) is 0. The Bertz CT molecular complexity index is 842. The predicted octanol–water partition coefficient (Wildman–Crippen LogP) is 2.92. The predicted molar refractivity (Wildman–Crippen MR) is 92.1 cm³/mol. The molecule has 7 nitrogen and oxygen atoms in total. The molecule has 0 radical (unpaired) electrons. The molecule has 3 aromatic rings. The van der Waals surface area contributed by atoms with E-state index in [4.69, 9.17) is 9.26 Å². The Labute approximate surface area is 148 Å². The Balaban J connectivity index is 1.54. The number of nitrogens with one attached hydrogen (secondary N) is 1. The minimum Gasteiger partial charge on any atom is -0.365 e. The van der Waals surface area contributed by atoms with E-state index in [9.17, 15) is 4.79 Å². The van der Waals surface area contributed by atoms with Crippen molar-refractivity contribution in [3.05, 3.63) is 47.7 Å². The van der Waals surface area contributed by atoms with E-state index in [0.29, 0.717) is 30.3 Å². The quantitative estimate of drug-likeness (QED) is 0.756. The minimum atomic E-state index is -0.959. The zero-order chi connectivity index (χ0) is 17.1. The number of carbonyl (C=O) groups is 1. The molecule has 1 aromatic carbocycles. The summed E-state index contributed by atoms with van der Waals surface area (Å²) in [5, 5.41) is 14.9. The molecule has 25 heavy (non-hydrogen) atoms. The van der Waals surface area contributed by atoms with Crippen LogP contribution in [0.25, 0.3) is 11.3 Å². The van der Waals surface area contributed by atoms with Crippen molar-refractivity contribution in [2.75, 3.05) is 11.9 Å². The maximum atomic E-state index is 12.8. The molecule has 1 saturated heterocycles. The third kappa shape index (κ3) is 3.31. The highest BCUT2D eigenvalue weighted by Crippen LogP contribution is 2.32. The zero-order valence-corrected chi connectivity index (χ0v) is 14.2. The molecule has 4 rings (SSSR count). The third-order valence-electron chi connectivity index (χ3n) is 4.19. The van der Waals surface area contributed by atoms with E-state index in [1.165, 1.54) is 11.3 Å². The monoisotopic (exact) mass is 356 g/mol. The number of amides is 1. The normalized spacial score (nSPS) is 19.8. The van der Waals surface area contributed by atoms with Crippen LogP contribution in [-0.4, -0.2) is 33.5 Å². The Morgan fingerprint density at radius 3 is 2.92 bits per heavy atom. The molecular weight excluding hydrogens is 340 g/mol. The van der Waals surface area contributed by atoms with Gasteiger partial charge in [0.2, 0.25) is 5.13 Å². The number of rotatable bonds is 5. The summed E-state index contributed by atoms with van der Waals surface area (Å²) in [6, 6.07) is 11.6. The van der Waals surface area contributed by atoms with E-state index in [2.05, 4.69) is 20.7 Å². The van der Waals surface area contributed by atoms with Crippen molar-refractivity contribution < 1.29 is 14.1 Å². The van der Waals surface area contributed by atoms with Gasteiger partial charge in [-0.15, -0.1) is 10.2 Å². The highest BCUT2D eigenvalue weighted by Gasteiger charge is 2.44. The molecule has 1 aliphatic heterocycles. The Kier molecular flexibility index (Phi) is 4.29. The summed E-state index contributed by atoms with van der Waals surface area (Å²) in [6.45, 7) is 0.545. The van der Waals surface area contributed by atoms with E-state index < -0.39 is 5.60 Å².